The fourth-order valence-electron chi connectivity index (χ4n) is 8.19. The van der Waals surface area contributed by atoms with Crippen molar-refractivity contribution in [2.45, 2.75) is 121 Å². The van der Waals surface area contributed by atoms with Gasteiger partial charge in [-0.15, -0.1) is 0 Å². The molecule has 0 aromatic heterocycles. The number of halogens is 6. The molecule has 44 heavy (non-hydrogen) atoms. The standard InChI is InChI=1S/C33H46F6O5/c1-31-15-14-25-24-11-9-23(40-16-4-5-18-43-29-7-2-3-17-42-29)21-22(24)8-10-26(25)27(31)12-13-28(31)41-19-6-20-44-30(32(34,35)36)33(37,38)39/h9,11,21,25-30H,2-8,10,12-20H2,1H3/t25-,26-,27+,28+,29?,31+/m1/s1. The smallest absolute Gasteiger partial charge is 0.423 e. The second-order valence-electron chi connectivity index (χ2n) is 13.2. The van der Waals surface area contributed by atoms with E-state index in [9.17, 15) is 26.3 Å². The number of rotatable bonds is 13. The molecule has 250 valence electrons. The topological polar surface area (TPSA) is 46.2 Å². The van der Waals surface area contributed by atoms with Crippen LogP contribution in [-0.2, 0) is 25.4 Å². The van der Waals surface area contributed by atoms with Crippen LogP contribution in [0.3, 0.4) is 0 Å². The summed E-state index contributed by atoms with van der Waals surface area (Å²) < 4.78 is 104. The molecule has 3 fully saturated rings. The first-order valence-electron chi connectivity index (χ1n) is 16.3. The third-order valence-electron chi connectivity index (χ3n) is 10.3. The van der Waals surface area contributed by atoms with Gasteiger partial charge in [0.05, 0.1) is 12.7 Å². The molecule has 4 aliphatic rings. The Morgan fingerprint density at radius 2 is 1.64 bits per heavy atom. The van der Waals surface area contributed by atoms with Gasteiger partial charge in [-0.1, -0.05) is 13.0 Å². The third-order valence-corrected chi connectivity index (χ3v) is 10.3. The number of alkyl halides is 6. The van der Waals surface area contributed by atoms with Gasteiger partial charge in [0.15, 0.2) is 6.29 Å². The van der Waals surface area contributed by atoms with E-state index in [1.807, 2.05) is 0 Å². The summed E-state index contributed by atoms with van der Waals surface area (Å²) in [4.78, 5) is 0. The zero-order chi connectivity index (χ0) is 31.4. The van der Waals surface area contributed by atoms with Crippen LogP contribution in [0, 0.1) is 17.3 Å². The molecule has 1 aliphatic heterocycles. The van der Waals surface area contributed by atoms with Crippen LogP contribution < -0.4 is 4.74 Å². The van der Waals surface area contributed by atoms with Gasteiger partial charge >= 0.3 is 12.4 Å². The molecule has 1 saturated heterocycles. The number of hydrogen-bond donors (Lipinski definition) is 0. The average Bonchev–Trinajstić information content (AvgIpc) is 3.31. The molecular weight excluding hydrogens is 590 g/mol. The van der Waals surface area contributed by atoms with Gasteiger partial charge in [0.25, 0.3) is 0 Å². The van der Waals surface area contributed by atoms with Crippen LogP contribution in [0.1, 0.15) is 94.6 Å². The minimum absolute atomic E-state index is 0.0209. The van der Waals surface area contributed by atoms with E-state index >= 15 is 0 Å². The second kappa shape index (κ2) is 14.5. The summed E-state index contributed by atoms with van der Waals surface area (Å²) in [7, 11) is 0. The molecule has 6 atom stereocenters. The van der Waals surface area contributed by atoms with Crippen molar-refractivity contribution in [3.63, 3.8) is 0 Å². The zero-order valence-electron chi connectivity index (χ0n) is 25.5. The zero-order valence-corrected chi connectivity index (χ0v) is 25.5. The molecule has 0 amide bonds. The predicted octanol–water partition coefficient (Wildman–Crippen LogP) is 8.53. The van der Waals surface area contributed by atoms with E-state index in [4.69, 9.17) is 18.9 Å². The Morgan fingerprint density at radius 1 is 0.864 bits per heavy atom. The Balaban J connectivity index is 1.06. The van der Waals surface area contributed by atoms with Crippen molar-refractivity contribution < 1.29 is 50.0 Å². The molecular formula is C33H46F6O5. The minimum Gasteiger partial charge on any atom is -0.494 e. The Kier molecular flexibility index (Phi) is 11.1. The Hall–Kier alpha value is -1.56. The van der Waals surface area contributed by atoms with Gasteiger partial charge in [0.2, 0.25) is 6.10 Å². The van der Waals surface area contributed by atoms with Gasteiger partial charge in [-0.3, -0.25) is 0 Å². The summed E-state index contributed by atoms with van der Waals surface area (Å²) in [6.07, 6.45) is -3.75. The number of hydrogen-bond acceptors (Lipinski definition) is 5. The lowest BCUT2D eigenvalue weighted by molar-refractivity contribution is -0.322. The minimum atomic E-state index is -5.49. The largest absolute Gasteiger partial charge is 0.494 e. The lowest BCUT2D eigenvalue weighted by Crippen LogP contribution is -2.45. The van der Waals surface area contributed by atoms with E-state index < -0.39 is 25.1 Å². The summed E-state index contributed by atoms with van der Waals surface area (Å²) in [5.41, 5.74) is 2.74. The van der Waals surface area contributed by atoms with Crippen molar-refractivity contribution in [1.82, 2.24) is 0 Å². The molecule has 11 heteroatoms. The first kappa shape index (κ1) is 33.8. The number of fused-ring (bicyclic) bond motifs is 5. The molecule has 0 bridgehead atoms. The van der Waals surface area contributed by atoms with Crippen LogP contribution in [-0.4, -0.2) is 63.9 Å². The first-order chi connectivity index (χ1) is 21.0. The first-order valence-corrected chi connectivity index (χ1v) is 16.3. The van der Waals surface area contributed by atoms with Gasteiger partial charge in [0, 0.05) is 26.4 Å². The predicted molar refractivity (Wildman–Crippen MR) is 152 cm³/mol. The molecule has 2 saturated carbocycles. The van der Waals surface area contributed by atoms with Crippen molar-refractivity contribution in [3.8, 4) is 5.75 Å². The molecule has 1 unspecified atom stereocenters. The summed E-state index contributed by atoms with van der Waals surface area (Å²) in [5, 5.41) is 0. The van der Waals surface area contributed by atoms with E-state index in [0.717, 1.165) is 83.0 Å². The monoisotopic (exact) mass is 636 g/mol. The van der Waals surface area contributed by atoms with Crippen molar-refractivity contribution >= 4 is 0 Å². The number of ether oxygens (including phenoxy) is 5. The van der Waals surface area contributed by atoms with E-state index in [2.05, 4.69) is 29.9 Å². The van der Waals surface area contributed by atoms with Gasteiger partial charge in [0.1, 0.15) is 5.75 Å². The quantitative estimate of drug-likeness (QED) is 0.161. The highest BCUT2D eigenvalue weighted by atomic mass is 19.4. The van der Waals surface area contributed by atoms with E-state index in [1.54, 1.807) is 0 Å². The highest BCUT2D eigenvalue weighted by Crippen LogP contribution is 2.61. The van der Waals surface area contributed by atoms with Crippen LogP contribution in [0.2, 0.25) is 0 Å². The number of benzene rings is 1. The number of unbranched alkanes of at least 4 members (excludes halogenated alkanes) is 1. The lowest BCUT2D eigenvalue weighted by Gasteiger charge is -2.50. The Morgan fingerprint density at radius 3 is 2.39 bits per heavy atom. The van der Waals surface area contributed by atoms with Crippen molar-refractivity contribution in [2.24, 2.45) is 17.3 Å². The van der Waals surface area contributed by atoms with Crippen LogP contribution >= 0.6 is 0 Å². The molecule has 0 radical (unpaired) electrons. The fourth-order valence-corrected chi connectivity index (χ4v) is 8.19. The van der Waals surface area contributed by atoms with Gasteiger partial charge in [-0.05, 0) is 123 Å². The van der Waals surface area contributed by atoms with E-state index in [1.165, 1.54) is 11.1 Å². The molecule has 0 N–H and O–H groups in total. The summed E-state index contributed by atoms with van der Waals surface area (Å²) >= 11 is 0. The maximum atomic E-state index is 12.7. The second-order valence-corrected chi connectivity index (χ2v) is 13.2. The SMILES string of the molecule is C[C@]12CC[C@@H]3c4ccc(OCCCCOC5CCCCO5)cc4CC[C@H]3[C@@H]1CC[C@@H]2OCCCOC(C(F)(F)F)C(F)(F)F. The van der Waals surface area contributed by atoms with Crippen molar-refractivity contribution in [1.29, 1.82) is 0 Å². The maximum absolute atomic E-state index is 12.7. The fraction of sp³-hybridized carbons (Fsp3) is 0.818. The van der Waals surface area contributed by atoms with E-state index in [-0.39, 0.29) is 30.8 Å². The van der Waals surface area contributed by atoms with Gasteiger partial charge < -0.3 is 23.7 Å². The third kappa shape index (κ3) is 8.04. The molecule has 1 heterocycles. The van der Waals surface area contributed by atoms with Gasteiger partial charge in [-0.2, -0.15) is 26.3 Å². The summed E-state index contributed by atoms with van der Waals surface area (Å²) in [6.45, 7) is 3.80. The van der Waals surface area contributed by atoms with Crippen LogP contribution in [0.4, 0.5) is 26.3 Å². The molecule has 5 rings (SSSR count). The highest BCUT2D eigenvalue weighted by molar-refractivity contribution is 5.40. The van der Waals surface area contributed by atoms with Crippen molar-refractivity contribution in [2.75, 3.05) is 33.0 Å². The van der Waals surface area contributed by atoms with Crippen LogP contribution in [0.15, 0.2) is 18.2 Å². The summed E-state index contributed by atoms with van der Waals surface area (Å²) in [6, 6.07) is 6.54. The molecule has 1 aromatic carbocycles. The average molecular weight is 637 g/mol. The molecule has 5 nitrogen and oxygen atoms in total. The number of aryl methyl sites for hydroxylation is 1. The maximum Gasteiger partial charge on any atom is 0.423 e. The van der Waals surface area contributed by atoms with Crippen molar-refractivity contribution in [3.05, 3.63) is 29.3 Å². The lowest BCUT2D eigenvalue weighted by atomic mass is 9.55. The highest BCUT2D eigenvalue weighted by Gasteiger charge is 2.58. The van der Waals surface area contributed by atoms with Crippen LogP contribution in [0.25, 0.3) is 0 Å². The Labute approximate surface area is 256 Å². The molecule has 1 aromatic rings. The normalized spacial score (nSPS) is 30.6. The molecule has 3 aliphatic carbocycles. The van der Waals surface area contributed by atoms with Crippen LogP contribution in [0.5, 0.6) is 5.75 Å². The summed E-state index contributed by atoms with van der Waals surface area (Å²) in [5.74, 6) is 2.42. The van der Waals surface area contributed by atoms with E-state index in [0.29, 0.717) is 31.0 Å². The Bertz CT molecular complexity index is 1040. The molecule has 0 spiro atoms. The van der Waals surface area contributed by atoms with Gasteiger partial charge in [-0.25, -0.2) is 0 Å².